The Hall–Kier alpha value is -1.27. The van der Waals surface area contributed by atoms with Gasteiger partial charge in [0.05, 0.1) is 11.5 Å². The molecule has 20 heavy (non-hydrogen) atoms. The molecule has 0 aliphatic heterocycles. The van der Waals surface area contributed by atoms with Crippen LogP contribution in [0.4, 0.5) is 4.79 Å². The molecule has 0 spiro atoms. The van der Waals surface area contributed by atoms with E-state index < -0.39 is 16.1 Å². The Bertz CT molecular complexity index is 554. The summed E-state index contributed by atoms with van der Waals surface area (Å²) in [7, 11) is -3.91. The molecule has 0 atom stereocenters. The van der Waals surface area contributed by atoms with Gasteiger partial charge in [0.1, 0.15) is 0 Å². The van der Waals surface area contributed by atoms with Gasteiger partial charge in [0.25, 0.3) is 10.0 Å². The molecule has 0 radical (unpaired) electrons. The third kappa shape index (κ3) is 4.11. The predicted octanol–water partition coefficient (Wildman–Crippen LogP) is 3.14. The van der Waals surface area contributed by atoms with Crippen molar-refractivity contribution in [1.29, 1.82) is 0 Å². The molecule has 5 nitrogen and oxygen atoms in total. The Morgan fingerprint density at radius 3 is 2.30 bits per heavy atom. The number of sulfonamides is 1. The molecule has 0 saturated carbocycles. The smallest absolute Gasteiger partial charge is 0.423 e. The Kier molecular flexibility index (Phi) is 5.83. The number of carbonyl (C=O) groups is 1. The fraction of sp³-hybridized carbons (Fsp3) is 0.462. The van der Waals surface area contributed by atoms with Crippen LogP contribution < -0.4 is 0 Å². The van der Waals surface area contributed by atoms with E-state index >= 15 is 0 Å². The highest BCUT2D eigenvalue weighted by Gasteiger charge is 2.29. The standard InChI is InChI=1S/C13H18ClNO4S/c1-4-15(13(16)19-9-10(2)3)20(17,18)12-7-5-11(14)6-8-12/h5-8,10H,4,9H2,1-3H3. The minimum atomic E-state index is -3.91. The van der Waals surface area contributed by atoms with Gasteiger partial charge in [0, 0.05) is 11.6 Å². The number of benzene rings is 1. The fourth-order valence-electron chi connectivity index (χ4n) is 1.44. The van der Waals surface area contributed by atoms with Crippen molar-refractivity contribution in [2.75, 3.05) is 13.2 Å². The quantitative estimate of drug-likeness (QED) is 0.836. The number of halogens is 1. The first kappa shape index (κ1) is 16.8. The highest BCUT2D eigenvalue weighted by Crippen LogP contribution is 2.19. The van der Waals surface area contributed by atoms with Gasteiger partial charge in [0.2, 0.25) is 0 Å². The molecule has 0 heterocycles. The Balaban J connectivity index is 2.98. The highest BCUT2D eigenvalue weighted by atomic mass is 35.5. The molecule has 0 aliphatic rings. The topological polar surface area (TPSA) is 63.7 Å². The Morgan fingerprint density at radius 1 is 1.30 bits per heavy atom. The summed E-state index contributed by atoms with van der Waals surface area (Å²) >= 11 is 5.72. The molecule has 0 N–H and O–H groups in total. The second kappa shape index (κ2) is 6.95. The van der Waals surface area contributed by atoms with Crippen molar-refractivity contribution in [3.8, 4) is 0 Å². The lowest BCUT2D eigenvalue weighted by atomic mass is 10.2. The van der Waals surface area contributed by atoms with Crippen molar-refractivity contribution in [2.45, 2.75) is 25.7 Å². The number of nitrogens with zero attached hydrogens (tertiary/aromatic N) is 1. The summed E-state index contributed by atoms with van der Waals surface area (Å²) in [5, 5.41) is 0.425. The van der Waals surface area contributed by atoms with E-state index in [0.29, 0.717) is 9.33 Å². The fourth-order valence-corrected chi connectivity index (χ4v) is 2.89. The van der Waals surface area contributed by atoms with Crippen LogP contribution in [0, 0.1) is 5.92 Å². The van der Waals surface area contributed by atoms with E-state index in [0.717, 1.165) is 0 Å². The van der Waals surface area contributed by atoms with Gasteiger partial charge in [-0.1, -0.05) is 25.4 Å². The molecule has 0 fully saturated rings. The van der Waals surface area contributed by atoms with E-state index in [9.17, 15) is 13.2 Å². The average molecular weight is 320 g/mol. The molecule has 0 aliphatic carbocycles. The lowest BCUT2D eigenvalue weighted by molar-refractivity contribution is 0.114. The van der Waals surface area contributed by atoms with Gasteiger partial charge in [-0.3, -0.25) is 0 Å². The van der Waals surface area contributed by atoms with Crippen LogP contribution in [0.3, 0.4) is 0 Å². The van der Waals surface area contributed by atoms with Gasteiger partial charge in [-0.05, 0) is 37.1 Å². The molecular weight excluding hydrogens is 302 g/mol. The summed E-state index contributed by atoms with van der Waals surface area (Å²) in [6.07, 6.45) is -0.865. The Morgan fingerprint density at radius 2 is 1.85 bits per heavy atom. The molecule has 0 aromatic heterocycles. The van der Waals surface area contributed by atoms with Crippen molar-refractivity contribution < 1.29 is 17.9 Å². The second-order valence-corrected chi connectivity index (χ2v) is 6.89. The molecule has 0 unspecified atom stereocenters. The second-order valence-electron chi connectivity index (χ2n) is 4.59. The molecule has 7 heteroatoms. The van der Waals surface area contributed by atoms with E-state index in [1.807, 2.05) is 13.8 Å². The Labute approximate surface area is 124 Å². The van der Waals surface area contributed by atoms with E-state index in [1.165, 1.54) is 24.3 Å². The van der Waals surface area contributed by atoms with Crippen LogP contribution in [-0.2, 0) is 14.8 Å². The number of carbonyl (C=O) groups excluding carboxylic acids is 1. The van der Waals surface area contributed by atoms with Crippen LogP contribution in [0.5, 0.6) is 0 Å². The molecule has 1 aromatic rings. The predicted molar refractivity (Wildman–Crippen MR) is 77.2 cm³/mol. The number of amides is 1. The van der Waals surface area contributed by atoms with Crippen LogP contribution in [0.2, 0.25) is 5.02 Å². The number of hydrogen-bond donors (Lipinski definition) is 0. The summed E-state index contributed by atoms with van der Waals surface area (Å²) in [5.41, 5.74) is 0. The van der Waals surface area contributed by atoms with Crippen molar-refractivity contribution in [1.82, 2.24) is 4.31 Å². The first-order valence-corrected chi connectivity index (χ1v) is 8.06. The monoisotopic (exact) mass is 319 g/mol. The maximum Gasteiger partial charge on any atom is 0.423 e. The summed E-state index contributed by atoms with van der Waals surface area (Å²) in [4.78, 5) is 11.9. The van der Waals surface area contributed by atoms with Gasteiger partial charge in [0.15, 0.2) is 0 Å². The van der Waals surface area contributed by atoms with Gasteiger partial charge in [-0.15, -0.1) is 0 Å². The first-order valence-electron chi connectivity index (χ1n) is 6.24. The van der Waals surface area contributed by atoms with Crippen LogP contribution in [0.1, 0.15) is 20.8 Å². The van der Waals surface area contributed by atoms with Crippen LogP contribution >= 0.6 is 11.6 Å². The van der Waals surface area contributed by atoms with Gasteiger partial charge < -0.3 is 4.74 Å². The maximum absolute atomic E-state index is 12.3. The first-order chi connectivity index (χ1) is 9.28. The average Bonchev–Trinajstić information content (AvgIpc) is 2.37. The number of hydrogen-bond acceptors (Lipinski definition) is 4. The zero-order chi connectivity index (χ0) is 15.3. The zero-order valence-corrected chi connectivity index (χ0v) is 13.2. The molecule has 1 rings (SSSR count). The molecule has 112 valence electrons. The van der Waals surface area contributed by atoms with E-state index in [2.05, 4.69) is 0 Å². The summed E-state index contributed by atoms with van der Waals surface area (Å²) in [5.74, 6) is 0.135. The third-order valence-corrected chi connectivity index (χ3v) is 4.54. The van der Waals surface area contributed by atoms with E-state index in [4.69, 9.17) is 16.3 Å². The van der Waals surface area contributed by atoms with Crippen LogP contribution in [0.25, 0.3) is 0 Å². The maximum atomic E-state index is 12.3. The highest BCUT2D eigenvalue weighted by molar-refractivity contribution is 7.89. The largest absolute Gasteiger partial charge is 0.448 e. The number of ether oxygens (including phenoxy) is 1. The minimum Gasteiger partial charge on any atom is -0.448 e. The van der Waals surface area contributed by atoms with Gasteiger partial charge in [-0.2, -0.15) is 0 Å². The lowest BCUT2D eigenvalue weighted by Gasteiger charge is -2.20. The van der Waals surface area contributed by atoms with E-state index in [1.54, 1.807) is 6.92 Å². The molecule has 0 saturated heterocycles. The van der Waals surface area contributed by atoms with E-state index in [-0.39, 0.29) is 24.0 Å². The van der Waals surface area contributed by atoms with Crippen molar-refractivity contribution in [3.63, 3.8) is 0 Å². The molecule has 1 aromatic carbocycles. The zero-order valence-electron chi connectivity index (χ0n) is 11.7. The normalized spacial score (nSPS) is 11.4. The molecule has 0 bridgehead atoms. The van der Waals surface area contributed by atoms with Crippen molar-refractivity contribution in [3.05, 3.63) is 29.3 Å². The molecule has 1 amide bonds. The van der Waals surface area contributed by atoms with Crippen LogP contribution in [-0.4, -0.2) is 32.0 Å². The van der Waals surface area contributed by atoms with Crippen molar-refractivity contribution >= 4 is 27.7 Å². The summed E-state index contributed by atoms with van der Waals surface area (Å²) < 4.78 is 30.4. The van der Waals surface area contributed by atoms with Crippen molar-refractivity contribution in [2.24, 2.45) is 5.92 Å². The third-order valence-electron chi connectivity index (χ3n) is 2.43. The summed E-state index contributed by atoms with van der Waals surface area (Å²) in [6, 6.07) is 5.63. The number of rotatable bonds is 5. The van der Waals surface area contributed by atoms with Gasteiger partial charge in [-0.25, -0.2) is 17.5 Å². The van der Waals surface area contributed by atoms with Crippen LogP contribution in [0.15, 0.2) is 29.2 Å². The SMILES string of the molecule is CCN(C(=O)OCC(C)C)S(=O)(=O)c1ccc(Cl)cc1. The lowest BCUT2D eigenvalue weighted by Crippen LogP contribution is -2.37. The molecular formula is C13H18ClNO4S. The van der Waals surface area contributed by atoms with Gasteiger partial charge >= 0.3 is 6.09 Å². The minimum absolute atomic E-state index is 0.00187. The summed E-state index contributed by atoms with van der Waals surface area (Å²) in [6.45, 7) is 5.49.